The van der Waals surface area contributed by atoms with Crippen molar-refractivity contribution in [3.63, 3.8) is 0 Å². The topological polar surface area (TPSA) is 58.2 Å². The molecular weight excluding hydrogens is 336 g/mol. The third kappa shape index (κ3) is 4.25. The number of hydrogen-bond donors (Lipinski definition) is 2. The van der Waals surface area contributed by atoms with Crippen molar-refractivity contribution in [2.75, 3.05) is 10.6 Å². The highest BCUT2D eigenvalue weighted by atomic mass is 35.5. The van der Waals surface area contributed by atoms with Crippen LogP contribution < -0.4 is 10.6 Å². The molecule has 0 fully saturated rings. The molecule has 3 aromatic carbocycles. The Kier molecular flexibility index (Phi) is 5.11. The number of rotatable bonds is 4. The molecule has 3 rings (SSSR count). The molecule has 0 saturated carbocycles. The van der Waals surface area contributed by atoms with Crippen LogP contribution in [0.3, 0.4) is 0 Å². The summed E-state index contributed by atoms with van der Waals surface area (Å²) in [5.74, 6) is -0.521. The molecule has 2 N–H and O–H groups in total. The largest absolute Gasteiger partial charge is 0.320 e. The van der Waals surface area contributed by atoms with E-state index in [1.165, 1.54) is 0 Å². The smallest absolute Gasteiger partial charge is 0.255 e. The zero-order valence-corrected chi connectivity index (χ0v) is 14.0. The predicted molar refractivity (Wildman–Crippen MR) is 100 cm³/mol. The fourth-order valence-corrected chi connectivity index (χ4v) is 2.41. The van der Waals surface area contributed by atoms with Crippen LogP contribution in [0.25, 0.3) is 0 Å². The third-order valence-corrected chi connectivity index (χ3v) is 3.82. The molecule has 0 aromatic heterocycles. The highest BCUT2D eigenvalue weighted by Gasteiger charge is 2.11. The summed E-state index contributed by atoms with van der Waals surface area (Å²) in [4.78, 5) is 24.7. The van der Waals surface area contributed by atoms with Crippen molar-refractivity contribution in [1.82, 2.24) is 0 Å². The lowest BCUT2D eigenvalue weighted by atomic mass is 10.2. The summed E-state index contributed by atoms with van der Waals surface area (Å²) >= 11 is 5.84. The van der Waals surface area contributed by atoms with Gasteiger partial charge in [-0.25, -0.2) is 0 Å². The van der Waals surface area contributed by atoms with E-state index in [9.17, 15) is 9.59 Å². The fourth-order valence-electron chi connectivity index (χ4n) is 2.28. The highest BCUT2D eigenvalue weighted by molar-refractivity contribution is 6.30. The summed E-state index contributed by atoms with van der Waals surface area (Å²) < 4.78 is 0. The standard InChI is InChI=1S/C20H15ClN2O2/c21-16-12-10-15(11-13-16)20(25)23-18-9-5-4-8-17(18)22-19(24)14-6-2-1-3-7-14/h1-13H,(H,22,24)(H,23,25). The molecule has 4 nitrogen and oxygen atoms in total. The van der Waals surface area contributed by atoms with Gasteiger partial charge in [-0.3, -0.25) is 9.59 Å². The second kappa shape index (κ2) is 7.64. The highest BCUT2D eigenvalue weighted by Crippen LogP contribution is 2.23. The molecule has 25 heavy (non-hydrogen) atoms. The van der Waals surface area contributed by atoms with E-state index in [1.54, 1.807) is 72.8 Å². The van der Waals surface area contributed by atoms with E-state index >= 15 is 0 Å². The van der Waals surface area contributed by atoms with E-state index in [0.29, 0.717) is 27.5 Å². The van der Waals surface area contributed by atoms with E-state index in [2.05, 4.69) is 10.6 Å². The summed E-state index contributed by atoms with van der Waals surface area (Å²) in [6.07, 6.45) is 0. The average Bonchev–Trinajstić information content (AvgIpc) is 2.64. The minimum atomic E-state index is -0.280. The number of halogens is 1. The Hall–Kier alpha value is -3.11. The molecule has 0 spiro atoms. The van der Waals surface area contributed by atoms with Crippen LogP contribution in [0.2, 0.25) is 5.02 Å². The van der Waals surface area contributed by atoms with Gasteiger partial charge < -0.3 is 10.6 Å². The van der Waals surface area contributed by atoms with E-state index in [0.717, 1.165) is 0 Å². The molecule has 0 radical (unpaired) electrons. The number of carbonyl (C=O) groups is 2. The molecule has 0 bridgehead atoms. The van der Waals surface area contributed by atoms with Gasteiger partial charge in [0, 0.05) is 16.1 Å². The third-order valence-electron chi connectivity index (χ3n) is 3.57. The SMILES string of the molecule is O=C(Nc1ccccc1NC(=O)c1ccc(Cl)cc1)c1ccccc1. The van der Waals surface area contributed by atoms with Gasteiger partial charge in [0.1, 0.15) is 0 Å². The maximum atomic E-state index is 12.4. The Balaban J connectivity index is 1.78. The van der Waals surface area contributed by atoms with E-state index in [1.807, 2.05) is 6.07 Å². The Morgan fingerprint density at radius 3 is 1.56 bits per heavy atom. The molecule has 0 aliphatic carbocycles. The summed E-state index contributed by atoms with van der Waals surface area (Å²) in [6.45, 7) is 0. The number of amides is 2. The molecule has 3 aromatic rings. The van der Waals surface area contributed by atoms with E-state index < -0.39 is 0 Å². The molecule has 0 saturated heterocycles. The maximum Gasteiger partial charge on any atom is 0.255 e. The van der Waals surface area contributed by atoms with Crippen molar-refractivity contribution in [2.45, 2.75) is 0 Å². The van der Waals surface area contributed by atoms with Crippen molar-refractivity contribution in [3.05, 3.63) is 95.0 Å². The number of para-hydroxylation sites is 2. The number of hydrogen-bond acceptors (Lipinski definition) is 2. The van der Waals surface area contributed by atoms with E-state index in [-0.39, 0.29) is 11.8 Å². The number of carbonyl (C=O) groups excluding carboxylic acids is 2. The summed E-state index contributed by atoms with van der Waals surface area (Å²) in [6, 6.07) is 22.5. The molecule has 2 amide bonds. The van der Waals surface area contributed by atoms with Gasteiger partial charge in [-0.2, -0.15) is 0 Å². The van der Waals surface area contributed by atoms with Crippen LogP contribution in [0, 0.1) is 0 Å². The second-order valence-electron chi connectivity index (χ2n) is 5.33. The van der Waals surface area contributed by atoms with Crippen molar-refractivity contribution in [3.8, 4) is 0 Å². The van der Waals surface area contributed by atoms with Crippen LogP contribution >= 0.6 is 11.6 Å². The van der Waals surface area contributed by atoms with Gasteiger partial charge in [-0.05, 0) is 48.5 Å². The maximum absolute atomic E-state index is 12.4. The minimum absolute atomic E-state index is 0.242. The first-order valence-corrected chi connectivity index (χ1v) is 8.03. The zero-order valence-electron chi connectivity index (χ0n) is 13.2. The molecular formula is C20H15ClN2O2. The molecule has 0 aliphatic rings. The van der Waals surface area contributed by atoms with Crippen LogP contribution in [0.15, 0.2) is 78.9 Å². The van der Waals surface area contributed by atoms with Gasteiger partial charge >= 0.3 is 0 Å². The van der Waals surface area contributed by atoms with Crippen molar-refractivity contribution in [1.29, 1.82) is 0 Å². The predicted octanol–water partition coefficient (Wildman–Crippen LogP) is 4.84. The molecule has 0 aliphatic heterocycles. The number of anilines is 2. The summed E-state index contributed by atoms with van der Waals surface area (Å²) in [7, 11) is 0. The Morgan fingerprint density at radius 1 is 0.600 bits per heavy atom. The van der Waals surface area contributed by atoms with Gasteiger partial charge in [0.2, 0.25) is 0 Å². The molecule has 5 heteroatoms. The van der Waals surface area contributed by atoms with Gasteiger partial charge in [0.25, 0.3) is 11.8 Å². The van der Waals surface area contributed by atoms with Gasteiger partial charge in [-0.15, -0.1) is 0 Å². The zero-order chi connectivity index (χ0) is 17.6. The molecule has 0 unspecified atom stereocenters. The minimum Gasteiger partial charge on any atom is -0.320 e. The lowest BCUT2D eigenvalue weighted by molar-refractivity contribution is 0.101. The van der Waals surface area contributed by atoms with Gasteiger partial charge in [-0.1, -0.05) is 41.9 Å². The van der Waals surface area contributed by atoms with E-state index in [4.69, 9.17) is 11.6 Å². The Morgan fingerprint density at radius 2 is 1.04 bits per heavy atom. The van der Waals surface area contributed by atoms with Crippen molar-refractivity contribution in [2.24, 2.45) is 0 Å². The Labute approximate surface area is 150 Å². The first-order valence-electron chi connectivity index (χ1n) is 7.66. The molecule has 124 valence electrons. The van der Waals surface area contributed by atoms with Gasteiger partial charge in [0.15, 0.2) is 0 Å². The van der Waals surface area contributed by atoms with Crippen LogP contribution in [-0.4, -0.2) is 11.8 Å². The van der Waals surface area contributed by atoms with Crippen molar-refractivity contribution < 1.29 is 9.59 Å². The van der Waals surface area contributed by atoms with Gasteiger partial charge in [0.05, 0.1) is 11.4 Å². The lowest BCUT2D eigenvalue weighted by Crippen LogP contribution is -2.16. The van der Waals surface area contributed by atoms with Crippen LogP contribution in [-0.2, 0) is 0 Å². The molecule has 0 atom stereocenters. The fraction of sp³-hybridized carbons (Fsp3) is 0. The quantitative estimate of drug-likeness (QED) is 0.707. The second-order valence-corrected chi connectivity index (χ2v) is 5.76. The summed E-state index contributed by atoms with van der Waals surface area (Å²) in [5.41, 5.74) is 2.07. The lowest BCUT2D eigenvalue weighted by Gasteiger charge is -2.12. The normalized spacial score (nSPS) is 10.1. The average molecular weight is 351 g/mol. The van der Waals surface area contributed by atoms with Crippen molar-refractivity contribution >= 4 is 34.8 Å². The van der Waals surface area contributed by atoms with Crippen LogP contribution in [0.4, 0.5) is 11.4 Å². The number of benzene rings is 3. The number of nitrogens with one attached hydrogen (secondary N) is 2. The van der Waals surface area contributed by atoms with Crippen LogP contribution in [0.5, 0.6) is 0 Å². The first-order chi connectivity index (χ1) is 12.1. The monoisotopic (exact) mass is 350 g/mol. The summed E-state index contributed by atoms with van der Waals surface area (Å²) in [5, 5.41) is 6.19. The Bertz CT molecular complexity index is 893. The first kappa shape index (κ1) is 16.7. The van der Waals surface area contributed by atoms with Crippen LogP contribution in [0.1, 0.15) is 20.7 Å². The molecule has 0 heterocycles.